The van der Waals surface area contributed by atoms with E-state index in [4.69, 9.17) is 9.15 Å². The molecule has 0 atom stereocenters. The maximum Gasteiger partial charge on any atom is 0.360 e. The molecule has 0 fully saturated rings. The number of nitrogens with zero attached hydrogens (tertiary/aromatic N) is 1. The number of aryl methyl sites for hydroxylation is 1. The third-order valence-electron chi connectivity index (χ3n) is 2.25. The normalized spacial score (nSPS) is 10.2. The molecule has 4 heteroatoms. The van der Waals surface area contributed by atoms with Crippen LogP contribution in [0.15, 0.2) is 34.9 Å². The molecule has 0 amide bonds. The first-order chi connectivity index (χ1) is 8.20. The number of aromatic nitrogens is 1. The standard InChI is InChI=1S/C13H13NO3/c1-3-16-13(15)11-8-17-12(14-11)10-6-4-5-9(2)7-10/h4-8H,3H2,1-2H3. The molecule has 1 aromatic heterocycles. The minimum atomic E-state index is -0.463. The maximum atomic E-state index is 11.4. The summed E-state index contributed by atoms with van der Waals surface area (Å²) in [6.07, 6.45) is 1.32. The monoisotopic (exact) mass is 231 g/mol. The SMILES string of the molecule is CCOC(=O)c1coc(-c2cccc(C)c2)n1. The van der Waals surface area contributed by atoms with Crippen LogP contribution in [0.3, 0.4) is 0 Å². The Morgan fingerprint density at radius 2 is 2.29 bits per heavy atom. The smallest absolute Gasteiger partial charge is 0.360 e. The molecule has 0 unspecified atom stereocenters. The van der Waals surface area contributed by atoms with Crippen molar-refractivity contribution >= 4 is 5.97 Å². The van der Waals surface area contributed by atoms with Crippen molar-refractivity contribution in [3.05, 3.63) is 41.8 Å². The van der Waals surface area contributed by atoms with Crippen molar-refractivity contribution in [1.82, 2.24) is 4.98 Å². The topological polar surface area (TPSA) is 52.3 Å². The molecule has 2 rings (SSSR count). The van der Waals surface area contributed by atoms with Crippen LogP contribution in [-0.4, -0.2) is 17.6 Å². The fraction of sp³-hybridized carbons (Fsp3) is 0.231. The predicted molar refractivity (Wildman–Crippen MR) is 62.6 cm³/mol. The number of carbonyl (C=O) groups is 1. The van der Waals surface area contributed by atoms with Crippen LogP contribution in [0.5, 0.6) is 0 Å². The molecule has 0 spiro atoms. The van der Waals surface area contributed by atoms with Gasteiger partial charge < -0.3 is 9.15 Å². The van der Waals surface area contributed by atoms with Crippen molar-refractivity contribution < 1.29 is 13.9 Å². The third-order valence-corrected chi connectivity index (χ3v) is 2.25. The van der Waals surface area contributed by atoms with E-state index in [0.717, 1.165) is 11.1 Å². The number of hydrogen-bond acceptors (Lipinski definition) is 4. The summed E-state index contributed by atoms with van der Waals surface area (Å²) < 4.78 is 10.1. The molecule has 0 saturated carbocycles. The number of esters is 1. The fourth-order valence-electron chi connectivity index (χ4n) is 1.48. The van der Waals surface area contributed by atoms with Gasteiger partial charge in [-0.3, -0.25) is 0 Å². The van der Waals surface area contributed by atoms with Gasteiger partial charge in [0.05, 0.1) is 6.61 Å². The highest BCUT2D eigenvalue weighted by Gasteiger charge is 2.13. The number of rotatable bonds is 3. The van der Waals surface area contributed by atoms with Crippen molar-refractivity contribution in [1.29, 1.82) is 0 Å². The van der Waals surface area contributed by atoms with E-state index in [0.29, 0.717) is 12.5 Å². The van der Waals surface area contributed by atoms with E-state index in [1.807, 2.05) is 31.2 Å². The predicted octanol–water partition coefficient (Wildman–Crippen LogP) is 2.83. The highest BCUT2D eigenvalue weighted by molar-refractivity contribution is 5.87. The van der Waals surface area contributed by atoms with Gasteiger partial charge in [0, 0.05) is 5.56 Å². The Labute approximate surface area is 99.2 Å². The molecule has 88 valence electrons. The summed E-state index contributed by atoms with van der Waals surface area (Å²) >= 11 is 0. The average Bonchev–Trinajstić information content (AvgIpc) is 2.78. The van der Waals surface area contributed by atoms with Gasteiger partial charge >= 0.3 is 5.97 Å². The Hall–Kier alpha value is -2.10. The van der Waals surface area contributed by atoms with E-state index >= 15 is 0 Å². The molecule has 0 bridgehead atoms. The minimum Gasteiger partial charge on any atom is -0.461 e. The Morgan fingerprint density at radius 1 is 1.47 bits per heavy atom. The zero-order valence-corrected chi connectivity index (χ0v) is 9.77. The number of oxazole rings is 1. The fourth-order valence-corrected chi connectivity index (χ4v) is 1.48. The van der Waals surface area contributed by atoms with Crippen LogP contribution in [-0.2, 0) is 4.74 Å². The molecule has 1 heterocycles. The second-order valence-electron chi connectivity index (χ2n) is 3.63. The van der Waals surface area contributed by atoms with E-state index in [-0.39, 0.29) is 5.69 Å². The van der Waals surface area contributed by atoms with Gasteiger partial charge in [0.15, 0.2) is 5.69 Å². The van der Waals surface area contributed by atoms with Crippen molar-refractivity contribution in [2.24, 2.45) is 0 Å². The summed E-state index contributed by atoms with van der Waals surface area (Å²) in [5.74, 6) is -0.0353. The molecular weight excluding hydrogens is 218 g/mol. The summed E-state index contributed by atoms with van der Waals surface area (Å²) in [5, 5.41) is 0. The molecule has 0 aliphatic heterocycles. The van der Waals surface area contributed by atoms with E-state index in [9.17, 15) is 4.79 Å². The Morgan fingerprint density at radius 3 is 3.00 bits per heavy atom. The van der Waals surface area contributed by atoms with Gasteiger partial charge in [-0.25, -0.2) is 9.78 Å². The van der Waals surface area contributed by atoms with Crippen molar-refractivity contribution in [2.75, 3.05) is 6.61 Å². The van der Waals surface area contributed by atoms with Crippen LogP contribution >= 0.6 is 0 Å². The molecule has 0 saturated heterocycles. The van der Waals surface area contributed by atoms with Crippen molar-refractivity contribution in [2.45, 2.75) is 13.8 Å². The van der Waals surface area contributed by atoms with Crippen LogP contribution in [0.25, 0.3) is 11.5 Å². The van der Waals surface area contributed by atoms with Crippen molar-refractivity contribution in [3.63, 3.8) is 0 Å². The lowest BCUT2D eigenvalue weighted by Gasteiger charge is -1.97. The highest BCUT2D eigenvalue weighted by Crippen LogP contribution is 2.19. The van der Waals surface area contributed by atoms with Gasteiger partial charge in [0.1, 0.15) is 6.26 Å². The van der Waals surface area contributed by atoms with E-state index < -0.39 is 5.97 Å². The number of hydrogen-bond donors (Lipinski definition) is 0. The van der Waals surface area contributed by atoms with Crippen LogP contribution in [0.1, 0.15) is 23.0 Å². The van der Waals surface area contributed by atoms with Crippen molar-refractivity contribution in [3.8, 4) is 11.5 Å². The zero-order chi connectivity index (χ0) is 12.3. The third kappa shape index (κ3) is 2.53. The van der Waals surface area contributed by atoms with E-state index in [2.05, 4.69) is 4.98 Å². The highest BCUT2D eigenvalue weighted by atomic mass is 16.5. The lowest BCUT2D eigenvalue weighted by Crippen LogP contribution is -2.04. The first-order valence-electron chi connectivity index (χ1n) is 5.40. The van der Waals surface area contributed by atoms with E-state index in [1.54, 1.807) is 6.92 Å². The van der Waals surface area contributed by atoms with E-state index in [1.165, 1.54) is 6.26 Å². The first-order valence-corrected chi connectivity index (χ1v) is 5.40. The van der Waals surface area contributed by atoms with Gasteiger partial charge in [0.25, 0.3) is 0 Å². The summed E-state index contributed by atoms with van der Waals surface area (Å²) in [5.41, 5.74) is 2.15. The van der Waals surface area contributed by atoms with Gasteiger partial charge in [-0.15, -0.1) is 0 Å². The second kappa shape index (κ2) is 4.82. The molecule has 17 heavy (non-hydrogen) atoms. The van der Waals surface area contributed by atoms with Crippen LogP contribution in [0, 0.1) is 6.92 Å². The number of ether oxygens (including phenoxy) is 1. The Balaban J connectivity index is 2.27. The van der Waals surface area contributed by atoms with Crippen LogP contribution in [0.2, 0.25) is 0 Å². The number of benzene rings is 1. The molecule has 0 radical (unpaired) electrons. The summed E-state index contributed by atoms with van der Waals surface area (Å²) in [6.45, 7) is 4.06. The minimum absolute atomic E-state index is 0.198. The molecule has 2 aromatic rings. The summed E-state index contributed by atoms with van der Waals surface area (Å²) in [7, 11) is 0. The lowest BCUT2D eigenvalue weighted by atomic mass is 10.1. The Bertz CT molecular complexity index is 531. The molecule has 0 aliphatic carbocycles. The lowest BCUT2D eigenvalue weighted by molar-refractivity contribution is 0.0519. The van der Waals surface area contributed by atoms with Gasteiger partial charge in [-0.2, -0.15) is 0 Å². The molecule has 1 aromatic carbocycles. The van der Waals surface area contributed by atoms with Gasteiger partial charge in [-0.05, 0) is 26.0 Å². The first kappa shape index (κ1) is 11.4. The van der Waals surface area contributed by atoms with Crippen LogP contribution in [0.4, 0.5) is 0 Å². The van der Waals surface area contributed by atoms with Crippen LogP contribution < -0.4 is 0 Å². The summed E-state index contributed by atoms with van der Waals surface area (Å²) in [4.78, 5) is 15.5. The molecule has 0 aliphatic rings. The van der Waals surface area contributed by atoms with Gasteiger partial charge in [0.2, 0.25) is 5.89 Å². The molecular formula is C13H13NO3. The maximum absolute atomic E-state index is 11.4. The summed E-state index contributed by atoms with van der Waals surface area (Å²) in [6, 6.07) is 7.73. The molecule has 4 nitrogen and oxygen atoms in total. The second-order valence-corrected chi connectivity index (χ2v) is 3.63. The van der Waals surface area contributed by atoms with Gasteiger partial charge in [-0.1, -0.05) is 17.7 Å². The largest absolute Gasteiger partial charge is 0.461 e. The zero-order valence-electron chi connectivity index (χ0n) is 9.77. The average molecular weight is 231 g/mol. The number of carbonyl (C=O) groups excluding carboxylic acids is 1. The quantitative estimate of drug-likeness (QED) is 0.762. The molecule has 0 N–H and O–H groups in total. The Kier molecular flexibility index (Phi) is 3.23.